The molecule has 1 unspecified atom stereocenters. The van der Waals surface area contributed by atoms with Gasteiger partial charge in [0.1, 0.15) is 5.84 Å². The zero-order valence-electron chi connectivity index (χ0n) is 7.42. The molecule has 1 aliphatic rings. The van der Waals surface area contributed by atoms with Gasteiger partial charge in [0.05, 0.1) is 5.69 Å². The van der Waals surface area contributed by atoms with Crippen molar-refractivity contribution in [3.8, 4) is 0 Å². The third kappa shape index (κ3) is 1.61. The van der Waals surface area contributed by atoms with Gasteiger partial charge in [0.2, 0.25) is 0 Å². The topological polar surface area (TPSA) is 38.4 Å². The van der Waals surface area contributed by atoms with E-state index in [-0.39, 0.29) is 0 Å². The van der Waals surface area contributed by atoms with Crippen molar-refractivity contribution >= 4 is 27.5 Å². The molecule has 3 heteroatoms. The van der Waals surface area contributed by atoms with Crippen LogP contribution in [0.1, 0.15) is 12.5 Å². The molecule has 1 atom stereocenters. The zero-order valence-corrected chi connectivity index (χ0v) is 9.01. The molecule has 0 radical (unpaired) electrons. The van der Waals surface area contributed by atoms with Gasteiger partial charge in [-0.2, -0.15) is 0 Å². The highest BCUT2D eigenvalue weighted by molar-refractivity contribution is 9.10. The monoisotopic (exact) mass is 238 g/mol. The lowest BCUT2D eigenvalue weighted by Crippen LogP contribution is -2.25. The van der Waals surface area contributed by atoms with E-state index in [9.17, 15) is 0 Å². The highest BCUT2D eigenvalue weighted by Crippen LogP contribution is 2.30. The highest BCUT2D eigenvalue weighted by atomic mass is 79.9. The summed E-state index contributed by atoms with van der Waals surface area (Å²) in [6, 6.07) is 6.16. The Morgan fingerprint density at radius 3 is 3.08 bits per heavy atom. The molecule has 0 fully saturated rings. The number of hydrogen-bond donors (Lipinski definition) is 1. The number of aliphatic imine (C=N–C) groups is 1. The first-order valence-corrected chi connectivity index (χ1v) is 5.08. The fourth-order valence-electron chi connectivity index (χ4n) is 1.50. The first-order valence-electron chi connectivity index (χ1n) is 4.29. The van der Waals surface area contributed by atoms with E-state index in [2.05, 4.69) is 33.9 Å². The average molecular weight is 239 g/mol. The molecule has 0 saturated heterocycles. The maximum atomic E-state index is 5.78. The van der Waals surface area contributed by atoms with E-state index in [0.29, 0.717) is 5.92 Å². The largest absolute Gasteiger partial charge is 0.387 e. The van der Waals surface area contributed by atoms with E-state index in [1.165, 1.54) is 5.56 Å². The number of nitrogens with two attached hydrogens (primary N) is 1. The quantitative estimate of drug-likeness (QED) is 0.742. The Hall–Kier alpha value is -0.830. The van der Waals surface area contributed by atoms with Crippen LogP contribution in [0.2, 0.25) is 0 Å². The van der Waals surface area contributed by atoms with Crippen molar-refractivity contribution in [2.45, 2.75) is 13.3 Å². The minimum Gasteiger partial charge on any atom is -0.387 e. The molecule has 2 N–H and O–H groups in total. The third-order valence-corrected chi connectivity index (χ3v) is 2.82. The van der Waals surface area contributed by atoms with Gasteiger partial charge in [0.15, 0.2) is 0 Å². The van der Waals surface area contributed by atoms with Gasteiger partial charge in [-0.3, -0.25) is 0 Å². The summed E-state index contributed by atoms with van der Waals surface area (Å²) >= 11 is 3.42. The van der Waals surface area contributed by atoms with Crippen LogP contribution in [0, 0.1) is 5.92 Å². The van der Waals surface area contributed by atoms with Gasteiger partial charge < -0.3 is 5.73 Å². The molecule has 1 heterocycles. The predicted molar refractivity (Wildman–Crippen MR) is 58.3 cm³/mol. The van der Waals surface area contributed by atoms with Crippen molar-refractivity contribution in [2.75, 3.05) is 0 Å². The van der Waals surface area contributed by atoms with Crippen LogP contribution in [0.4, 0.5) is 5.69 Å². The molecule has 68 valence electrons. The Labute approximate surface area is 86.0 Å². The Balaban J connectivity index is 2.51. The maximum Gasteiger partial charge on any atom is 0.103 e. The van der Waals surface area contributed by atoms with Gasteiger partial charge >= 0.3 is 0 Å². The minimum atomic E-state index is 0.369. The summed E-state index contributed by atoms with van der Waals surface area (Å²) < 4.78 is 1.05. The lowest BCUT2D eigenvalue weighted by atomic mass is 9.96. The van der Waals surface area contributed by atoms with Crippen LogP contribution >= 0.6 is 15.9 Å². The van der Waals surface area contributed by atoms with E-state index in [1.54, 1.807) is 0 Å². The second-order valence-corrected chi connectivity index (χ2v) is 4.33. The van der Waals surface area contributed by atoms with Crippen LogP contribution in [0.5, 0.6) is 0 Å². The van der Waals surface area contributed by atoms with Gasteiger partial charge in [-0.15, -0.1) is 0 Å². The summed E-state index contributed by atoms with van der Waals surface area (Å²) in [4.78, 5) is 4.35. The summed E-state index contributed by atoms with van der Waals surface area (Å²) in [5.74, 6) is 1.11. The summed E-state index contributed by atoms with van der Waals surface area (Å²) in [6.07, 6.45) is 0.998. The molecule has 0 aromatic heterocycles. The summed E-state index contributed by atoms with van der Waals surface area (Å²) in [5, 5.41) is 0. The van der Waals surface area contributed by atoms with Crippen LogP contribution in [0.15, 0.2) is 27.7 Å². The number of halogens is 1. The van der Waals surface area contributed by atoms with Crippen LogP contribution in [0.3, 0.4) is 0 Å². The summed E-state index contributed by atoms with van der Waals surface area (Å²) in [7, 11) is 0. The van der Waals surface area contributed by atoms with Crippen molar-refractivity contribution in [3.05, 3.63) is 28.2 Å². The van der Waals surface area contributed by atoms with Crippen molar-refractivity contribution in [2.24, 2.45) is 16.6 Å². The van der Waals surface area contributed by atoms with E-state index >= 15 is 0 Å². The molecule has 0 spiro atoms. The second-order valence-electron chi connectivity index (χ2n) is 3.41. The van der Waals surface area contributed by atoms with Gasteiger partial charge in [-0.05, 0) is 24.1 Å². The standard InChI is InChI=1S/C10H11BrN2/c1-6-4-7-2-3-8(11)5-9(7)13-10(6)12/h2-3,5-6H,4H2,1H3,(H2,12,13). The number of rotatable bonds is 0. The zero-order chi connectivity index (χ0) is 9.42. The van der Waals surface area contributed by atoms with Gasteiger partial charge in [0.25, 0.3) is 0 Å². The Bertz CT molecular complexity index is 371. The highest BCUT2D eigenvalue weighted by Gasteiger charge is 2.16. The Morgan fingerprint density at radius 2 is 2.31 bits per heavy atom. The van der Waals surface area contributed by atoms with Gasteiger partial charge in [0, 0.05) is 10.4 Å². The predicted octanol–water partition coefficient (Wildman–Crippen LogP) is 2.63. The van der Waals surface area contributed by atoms with Gasteiger partial charge in [-0.25, -0.2) is 4.99 Å². The fraction of sp³-hybridized carbons (Fsp3) is 0.300. The fourth-order valence-corrected chi connectivity index (χ4v) is 1.85. The molecule has 1 aromatic carbocycles. The number of nitrogens with zero attached hydrogens (tertiary/aromatic N) is 1. The average Bonchev–Trinajstić information content (AvgIpc) is 2.08. The second kappa shape index (κ2) is 3.14. The van der Waals surface area contributed by atoms with Crippen molar-refractivity contribution in [1.29, 1.82) is 0 Å². The molecular formula is C10H11BrN2. The van der Waals surface area contributed by atoms with Gasteiger partial charge in [-0.1, -0.05) is 28.9 Å². The SMILES string of the molecule is CC1Cc2ccc(Br)cc2N=C1N. The molecule has 2 nitrogen and oxygen atoms in total. The maximum absolute atomic E-state index is 5.78. The third-order valence-electron chi connectivity index (χ3n) is 2.33. The normalized spacial score (nSPS) is 20.8. The van der Waals surface area contributed by atoms with Crippen LogP contribution < -0.4 is 5.73 Å². The number of fused-ring (bicyclic) bond motifs is 1. The van der Waals surface area contributed by atoms with Crippen LogP contribution in [-0.4, -0.2) is 5.84 Å². The number of amidine groups is 1. The molecule has 0 saturated carbocycles. The Kier molecular flexibility index (Phi) is 2.12. The summed E-state index contributed by atoms with van der Waals surface area (Å²) in [6.45, 7) is 2.10. The van der Waals surface area contributed by atoms with Crippen LogP contribution in [0.25, 0.3) is 0 Å². The molecule has 1 aromatic rings. The molecule has 2 rings (SSSR count). The lowest BCUT2D eigenvalue weighted by molar-refractivity contribution is 0.746. The van der Waals surface area contributed by atoms with E-state index < -0.39 is 0 Å². The molecular weight excluding hydrogens is 228 g/mol. The van der Waals surface area contributed by atoms with Crippen molar-refractivity contribution in [3.63, 3.8) is 0 Å². The van der Waals surface area contributed by atoms with Crippen LogP contribution in [-0.2, 0) is 6.42 Å². The summed E-state index contributed by atoms with van der Waals surface area (Å²) in [5.41, 5.74) is 8.06. The van der Waals surface area contributed by atoms with E-state index in [1.807, 2.05) is 12.1 Å². The lowest BCUT2D eigenvalue weighted by Gasteiger charge is -2.18. The molecule has 0 aliphatic carbocycles. The number of benzene rings is 1. The first-order chi connectivity index (χ1) is 6.16. The smallest absolute Gasteiger partial charge is 0.103 e. The first kappa shape index (κ1) is 8.75. The molecule has 1 aliphatic heterocycles. The Morgan fingerprint density at radius 1 is 1.54 bits per heavy atom. The van der Waals surface area contributed by atoms with E-state index in [4.69, 9.17) is 5.73 Å². The van der Waals surface area contributed by atoms with E-state index in [0.717, 1.165) is 22.4 Å². The molecule has 0 bridgehead atoms. The van der Waals surface area contributed by atoms with Crippen molar-refractivity contribution in [1.82, 2.24) is 0 Å². The molecule has 0 amide bonds. The minimum absolute atomic E-state index is 0.369. The molecule has 13 heavy (non-hydrogen) atoms. The van der Waals surface area contributed by atoms with Crippen molar-refractivity contribution < 1.29 is 0 Å². The number of hydrogen-bond acceptors (Lipinski definition) is 2.